The first kappa shape index (κ1) is 10.2. The van der Waals surface area contributed by atoms with Crippen LogP contribution in [-0.2, 0) is 0 Å². The Bertz CT molecular complexity index is 383. The van der Waals surface area contributed by atoms with E-state index in [4.69, 9.17) is 5.84 Å². The molecule has 0 saturated heterocycles. The monoisotopic (exact) mass is 220 g/mol. The first-order valence-electron chi connectivity index (χ1n) is 6.03. The number of hydrazine groups is 1. The predicted octanol–water partition coefficient (Wildman–Crippen LogP) is 2.38. The van der Waals surface area contributed by atoms with Crippen molar-refractivity contribution in [1.82, 2.24) is 5.43 Å². The molecule has 3 atom stereocenters. The summed E-state index contributed by atoms with van der Waals surface area (Å²) < 4.78 is 13.2. The molecule has 0 aromatic heterocycles. The summed E-state index contributed by atoms with van der Waals surface area (Å²) in [6, 6.07) is 6.92. The minimum atomic E-state index is -0.177. The van der Waals surface area contributed by atoms with Crippen LogP contribution < -0.4 is 11.3 Å². The molecule has 0 radical (unpaired) electrons. The molecule has 2 saturated carbocycles. The Balaban J connectivity index is 1.81. The van der Waals surface area contributed by atoms with Gasteiger partial charge in [0.1, 0.15) is 5.82 Å². The van der Waals surface area contributed by atoms with Crippen molar-refractivity contribution in [2.24, 2.45) is 23.6 Å². The number of nitrogens with two attached hydrogens (primary N) is 1. The summed E-state index contributed by atoms with van der Waals surface area (Å²) in [5, 5.41) is 0. The maximum Gasteiger partial charge on any atom is 0.123 e. The van der Waals surface area contributed by atoms with Crippen molar-refractivity contribution in [2.75, 3.05) is 0 Å². The van der Waals surface area contributed by atoms with Crippen molar-refractivity contribution in [3.63, 3.8) is 0 Å². The average molecular weight is 220 g/mol. The molecule has 86 valence electrons. The average Bonchev–Trinajstić information content (AvgIpc) is 2.74. The van der Waals surface area contributed by atoms with Gasteiger partial charge in [-0.3, -0.25) is 11.3 Å². The molecule has 16 heavy (non-hydrogen) atoms. The van der Waals surface area contributed by atoms with E-state index >= 15 is 0 Å². The van der Waals surface area contributed by atoms with E-state index in [0.29, 0.717) is 5.92 Å². The topological polar surface area (TPSA) is 38.0 Å². The van der Waals surface area contributed by atoms with E-state index in [-0.39, 0.29) is 11.9 Å². The third-order valence-electron chi connectivity index (χ3n) is 4.24. The fourth-order valence-electron chi connectivity index (χ4n) is 3.50. The van der Waals surface area contributed by atoms with Crippen LogP contribution in [0.2, 0.25) is 0 Å². The smallest absolute Gasteiger partial charge is 0.123 e. The number of hydrogen-bond acceptors (Lipinski definition) is 2. The van der Waals surface area contributed by atoms with Crippen LogP contribution in [0.5, 0.6) is 0 Å². The fourth-order valence-corrected chi connectivity index (χ4v) is 3.50. The number of halogens is 1. The van der Waals surface area contributed by atoms with Gasteiger partial charge < -0.3 is 0 Å². The molecule has 0 aliphatic heterocycles. The van der Waals surface area contributed by atoms with Gasteiger partial charge in [0, 0.05) is 6.04 Å². The minimum Gasteiger partial charge on any atom is -0.271 e. The molecule has 2 aliphatic carbocycles. The Kier molecular flexibility index (Phi) is 2.45. The zero-order valence-corrected chi connectivity index (χ0v) is 9.20. The van der Waals surface area contributed by atoms with Crippen LogP contribution in [0.4, 0.5) is 4.39 Å². The van der Waals surface area contributed by atoms with Gasteiger partial charge in [-0.15, -0.1) is 0 Å². The Morgan fingerprint density at radius 2 is 2.06 bits per heavy atom. The summed E-state index contributed by atoms with van der Waals surface area (Å²) in [6.07, 6.45) is 4.00. The summed E-state index contributed by atoms with van der Waals surface area (Å²) in [4.78, 5) is 0. The maximum atomic E-state index is 13.2. The number of fused-ring (bicyclic) bond motifs is 1. The summed E-state index contributed by atoms with van der Waals surface area (Å²) in [6.45, 7) is 0. The normalized spacial score (nSPS) is 33.5. The molecule has 3 rings (SSSR count). The first-order valence-corrected chi connectivity index (χ1v) is 6.03. The highest BCUT2D eigenvalue weighted by molar-refractivity contribution is 5.24. The lowest BCUT2D eigenvalue weighted by Gasteiger charge is -2.18. The number of nitrogens with one attached hydrogen (secondary N) is 1. The molecule has 2 nitrogen and oxygen atoms in total. The predicted molar refractivity (Wildman–Crippen MR) is 60.8 cm³/mol. The Morgan fingerprint density at radius 1 is 1.31 bits per heavy atom. The third kappa shape index (κ3) is 1.55. The standard InChI is InChI=1S/C13H17FN2/c14-9-4-1-3-8(7-9)13(16-15)12-10-5-2-6-11(10)12/h1,3-4,7,10-13,16H,2,5-6,15H2. The highest BCUT2D eigenvalue weighted by Gasteiger charge is 2.55. The van der Waals surface area contributed by atoms with Gasteiger partial charge in [0.25, 0.3) is 0 Å². The lowest BCUT2D eigenvalue weighted by Crippen LogP contribution is -2.30. The summed E-state index contributed by atoms with van der Waals surface area (Å²) in [5.74, 6) is 7.72. The highest BCUT2D eigenvalue weighted by Crippen LogP contribution is 2.61. The Hall–Kier alpha value is -0.930. The van der Waals surface area contributed by atoms with Gasteiger partial charge in [-0.25, -0.2) is 4.39 Å². The molecule has 3 heteroatoms. The largest absolute Gasteiger partial charge is 0.271 e. The molecule has 1 aromatic rings. The lowest BCUT2D eigenvalue weighted by atomic mass is 9.97. The zero-order valence-electron chi connectivity index (χ0n) is 9.20. The van der Waals surface area contributed by atoms with Crippen LogP contribution in [0.25, 0.3) is 0 Å². The van der Waals surface area contributed by atoms with Crippen molar-refractivity contribution in [3.05, 3.63) is 35.6 Å². The van der Waals surface area contributed by atoms with Crippen LogP contribution in [-0.4, -0.2) is 0 Å². The van der Waals surface area contributed by atoms with Crippen LogP contribution in [0.3, 0.4) is 0 Å². The fraction of sp³-hybridized carbons (Fsp3) is 0.538. The van der Waals surface area contributed by atoms with Gasteiger partial charge in [0.2, 0.25) is 0 Å². The van der Waals surface area contributed by atoms with Crippen LogP contribution in [0.1, 0.15) is 30.9 Å². The molecule has 3 N–H and O–H groups in total. The van der Waals surface area contributed by atoms with Gasteiger partial charge in [-0.05, 0) is 48.3 Å². The number of rotatable bonds is 3. The third-order valence-corrected chi connectivity index (χ3v) is 4.24. The SMILES string of the molecule is NNC(c1cccc(F)c1)C1C2CCCC21. The summed E-state index contributed by atoms with van der Waals surface area (Å²) in [7, 11) is 0. The zero-order chi connectivity index (χ0) is 11.1. The molecule has 2 aliphatic rings. The minimum absolute atomic E-state index is 0.131. The quantitative estimate of drug-likeness (QED) is 0.606. The molecule has 0 amide bonds. The molecule has 3 unspecified atom stereocenters. The van der Waals surface area contributed by atoms with Crippen LogP contribution >= 0.6 is 0 Å². The first-order chi connectivity index (χ1) is 7.81. The second-order valence-electron chi connectivity index (χ2n) is 5.04. The Morgan fingerprint density at radius 3 is 2.69 bits per heavy atom. The lowest BCUT2D eigenvalue weighted by molar-refractivity contribution is 0.423. The van der Waals surface area contributed by atoms with E-state index < -0.39 is 0 Å². The van der Waals surface area contributed by atoms with Gasteiger partial charge in [-0.2, -0.15) is 0 Å². The number of benzene rings is 1. The highest BCUT2D eigenvalue weighted by atomic mass is 19.1. The van der Waals surface area contributed by atoms with E-state index in [1.165, 1.54) is 25.3 Å². The number of hydrogen-bond donors (Lipinski definition) is 2. The van der Waals surface area contributed by atoms with E-state index in [0.717, 1.165) is 17.4 Å². The molecule has 0 spiro atoms. The van der Waals surface area contributed by atoms with E-state index in [1.54, 1.807) is 12.1 Å². The van der Waals surface area contributed by atoms with Gasteiger partial charge >= 0.3 is 0 Å². The van der Waals surface area contributed by atoms with E-state index in [9.17, 15) is 4.39 Å². The van der Waals surface area contributed by atoms with Gasteiger partial charge in [-0.1, -0.05) is 18.6 Å². The second-order valence-corrected chi connectivity index (χ2v) is 5.04. The van der Waals surface area contributed by atoms with Crippen molar-refractivity contribution >= 4 is 0 Å². The van der Waals surface area contributed by atoms with Crippen LogP contribution in [0.15, 0.2) is 24.3 Å². The van der Waals surface area contributed by atoms with E-state index in [2.05, 4.69) is 5.43 Å². The van der Waals surface area contributed by atoms with Crippen LogP contribution in [0, 0.1) is 23.6 Å². The van der Waals surface area contributed by atoms with Gasteiger partial charge in [0.05, 0.1) is 0 Å². The van der Waals surface area contributed by atoms with Crippen molar-refractivity contribution < 1.29 is 4.39 Å². The summed E-state index contributed by atoms with van der Waals surface area (Å²) in [5.41, 5.74) is 3.86. The molecular formula is C13H17FN2. The van der Waals surface area contributed by atoms with Crippen molar-refractivity contribution in [1.29, 1.82) is 0 Å². The molecule has 1 aromatic carbocycles. The van der Waals surface area contributed by atoms with Crippen molar-refractivity contribution in [3.8, 4) is 0 Å². The Labute approximate surface area is 95.0 Å². The molecule has 0 bridgehead atoms. The second kappa shape index (κ2) is 3.82. The van der Waals surface area contributed by atoms with Gasteiger partial charge in [0.15, 0.2) is 0 Å². The van der Waals surface area contributed by atoms with E-state index in [1.807, 2.05) is 6.07 Å². The van der Waals surface area contributed by atoms with Crippen molar-refractivity contribution in [2.45, 2.75) is 25.3 Å². The molecule has 0 heterocycles. The molecular weight excluding hydrogens is 203 g/mol. The maximum absolute atomic E-state index is 13.2. The summed E-state index contributed by atoms with van der Waals surface area (Å²) >= 11 is 0. The molecule has 2 fully saturated rings.